The van der Waals surface area contributed by atoms with Crippen LogP contribution < -0.4 is 10.6 Å². The number of hydrogen-bond acceptors (Lipinski definition) is 7. The number of piperidine rings is 1. The Morgan fingerprint density at radius 1 is 1.04 bits per heavy atom. The van der Waals surface area contributed by atoms with Gasteiger partial charge in [0.2, 0.25) is 5.91 Å². The van der Waals surface area contributed by atoms with Crippen LogP contribution in [0.1, 0.15) is 33.6 Å². The van der Waals surface area contributed by atoms with Crippen LogP contribution >= 0.6 is 0 Å². The minimum absolute atomic E-state index is 0.0547. The maximum absolute atomic E-state index is 12.1. The number of anilines is 1. The van der Waals surface area contributed by atoms with E-state index in [-0.39, 0.29) is 29.7 Å². The fraction of sp³-hybridized carbons (Fsp3) is 0.471. The fourth-order valence-electron chi connectivity index (χ4n) is 2.52. The summed E-state index contributed by atoms with van der Waals surface area (Å²) in [7, 11) is 2.47. The van der Waals surface area contributed by atoms with E-state index in [2.05, 4.69) is 20.1 Å². The molecular weight excluding hydrogens is 328 g/mol. The zero-order chi connectivity index (χ0) is 18.2. The van der Waals surface area contributed by atoms with Gasteiger partial charge in [0.25, 0.3) is 0 Å². The van der Waals surface area contributed by atoms with Gasteiger partial charge in [0.1, 0.15) is 6.61 Å². The summed E-state index contributed by atoms with van der Waals surface area (Å²) in [5.74, 6) is -1.60. The van der Waals surface area contributed by atoms with Gasteiger partial charge >= 0.3 is 11.9 Å². The van der Waals surface area contributed by atoms with Crippen molar-refractivity contribution in [1.29, 1.82) is 0 Å². The second kappa shape index (κ2) is 9.14. The molecule has 1 amide bonds. The van der Waals surface area contributed by atoms with E-state index in [0.717, 1.165) is 25.9 Å². The van der Waals surface area contributed by atoms with Crippen LogP contribution in [0, 0.1) is 0 Å². The summed E-state index contributed by atoms with van der Waals surface area (Å²) in [6.07, 6.45) is 1.77. The van der Waals surface area contributed by atoms with Gasteiger partial charge in [-0.3, -0.25) is 4.79 Å². The Labute approximate surface area is 145 Å². The lowest BCUT2D eigenvalue weighted by atomic mass is 10.1. The standard InChI is InChI=1S/C17H22N2O6/c1-23-16(21)11-7-12(17(22)24-2)9-13(8-11)19-15(20)10-25-14-3-5-18-6-4-14/h7-9,14,18H,3-6,10H2,1-2H3,(H,19,20). The van der Waals surface area contributed by atoms with E-state index in [1.807, 2.05) is 0 Å². The minimum atomic E-state index is -0.618. The van der Waals surface area contributed by atoms with E-state index in [0.29, 0.717) is 5.69 Å². The number of nitrogens with one attached hydrogen (secondary N) is 2. The average molecular weight is 350 g/mol. The molecule has 1 aliphatic heterocycles. The third kappa shape index (κ3) is 5.54. The summed E-state index contributed by atoms with van der Waals surface area (Å²) in [5, 5.41) is 5.84. The van der Waals surface area contributed by atoms with Crippen LogP contribution in [0.25, 0.3) is 0 Å². The summed E-state index contributed by atoms with van der Waals surface area (Å²) in [5.41, 5.74) is 0.571. The Kier molecular flexibility index (Phi) is 6.91. The summed E-state index contributed by atoms with van der Waals surface area (Å²) in [6.45, 7) is 1.65. The summed E-state index contributed by atoms with van der Waals surface area (Å²) in [4.78, 5) is 35.5. The van der Waals surface area contributed by atoms with Crippen molar-refractivity contribution in [1.82, 2.24) is 5.32 Å². The maximum Gasteiger partial charge on any atom is 0.337 e. The molecule has 0 aromatic heterocycles. The van der Waals surface area contributed by atoms with E-state index < -0.39 is 11.9 Å². The largest absolute Gasteiger partial charge is 0.465 e. The van der Waals surface area contributed by atoms with E-state index in [1.54, 1.807) is 0 Å². The topological polar surface area (TPSA) is 103 Å². The maximum atomic E-state index is 12.1. The molecule has 1 aliphatic rings. The monoisotopic (exact) mass is 350 g/mol. The average Bonchev–Trinajstić information content (AvgIpc) is 2.65. The molecule has 0 saturated carbocycles. The summed E-state index contributed by atoms with van der Waals surface area (Å²) < 4.78 is 14.9. The molecule has 136 valence electrons. The molecule has 2 N–H and O–H groups in total. The molecule has 1 heterocycles. The number of benzene rings is 1. The Hall–Kier alpha value is -2.45. The molecule has 0 atom stereocenters. The Morgan fingerprint density at radius 2 is 1.60 bits per heavy atom. The van der Waals surface area contributed by atoms with Gasteiger partial charge in [0, 0.05) is 5.69 Å². The predicted molar refractivity (Wildman–Crippen MR) is 89.6 cm³/mol. The van der Waals surface area contributed by atoms with Crippen molar-refractivity contribution in [3.63, 3.8) is 0 Å². The lowest BCUT2D eigenvalue weighted by molar-refractivity contribution is -0.123. The van der Waals surface area contributed by atoms with Crippen molar-refractivity contribution in [3.05, 3.63) is 29.3 Å². The number of esters is 2. The van der Waals surface area contributed by atoms with Crippen LogP contribution in [0.5, 0.6) is 0 Å². The molecule has 0 radical (unpaired) electrons. The van der Waals surface area contributed by atoms with Crippen molar-refractivity contribution in [2.75, 3.05) is 39.2 Å². The first-order valence-corrected chi connectivity index (χ1v) is 7.97. The Morgan fingerprint density at radius 3 is 2.12 bits per heavy atom. The van der Waals surface area contributed by atoms with Gasteiger partial charge in [-0.25, -0.2) is 9.59 Å². The highest BCUT2D eigenvalue weighted by atomic mass is 16.5. The first kappa shape index (κ1) is 18.9. The summed E-state index contributed by atoms with van der Waals surface area (Å²) >= 11 is 0. The van der Waals surface area contributed by atoms with Gasteiger partial charge in [-0.1, -0.05) is 0 Å². The quantitative estimate of drug-likeness (QED) is 0.737. The minimum Gasteiger partial charge on any atom is -0.465 e. The number of hydrogen-bond donors (Lipinski definition) is 2. The Balaban J connectivity index is 2.04. The molecule has 1 saturated heterocycles. The number of amides is 1. The van der Waals surface area contributed by atoms with Gasteiger partial charge in [-0.2, -0.15) is 0 Å². The highest BCUT2D eigenvalue weighted by molar-refractivity contribution is 5.99. The van der Waals surface area contributed by atoms with E-state index in [4.69, 9.17) is 4.74 Å². The van der Waals surface area contributed by atoms with Gasteiger partial charge < -0.3 is 24.8 Å². The molecule has 8 heteroatoms. The van der Waals surface area contributed by atoms with Gasteiger partial charge in [0.05, 0.1) is 31.5 Å². The first-order valence-electron chi connectivity index (χ1n) is 7.97. The van der Waals surface area contributed by atoms with Gasteiger partial charge in [-0.05, 0) is 44.1 Å². The van der Waals surface area contributed by atoms with E-state index in [1.165, 1.54) is 32.4 Å². The van der Waals surface area contributed by atoms with Crippen LogP contribution in [0.2, 0.25) is 0 Å². The van der Waals surface area contributed by atoms with E-state index >= 15 is 0 Å². The van der Waals surface area contributed by atoms with Crippen molar-refractivity contribution in [3.8, 4) is 0 Å². The molecule has 1 aromatic rings. The third-order valence-electron chi connectivity index (χ3n) is 3.80. The third-order valence-corrected chi connectivity index (χ3v) is 3.80. The summed E-state index contributed by atoms with van der Waals surface area (Å²) in [6, 6.07) is 4.21. The fourth-order valence-corrected chi connectivity index (χ4v) is 2.52. The highest BCUT2D eigenvalue weighted by Crippen LogP contribution is 2.17. The van der Waals surface area contributed by atoms with Crippen LogP contribution in [0.3, 0.4) is 0 Å². The van der Waals surface area contributed by atoms with Gasteiger partial charge in [0.15, 0.2) is 0 Å². The van der Waals surface area contributed by atoms with Crippen LogP contribution in [-0.2, 0) is 19.0 Å². The van der Waals surface area contributed by atoms with Crippen LogP contribution in [-0.4, -0.2) is 57.9 Å². The number of ether oxygens (including phenoxy) is 3. The van der Waals surface area contributed by atoms with Gasteiger partial charge in [-0.15, -0.1) is 0 Å². The van der Waals surface area contributed by atoms with Crippen molar-refractivity contribution >= 4 is 23.5 Å². The second-order valence-corrected chi connectivity index (χ2v) is 5.59. The zero-order valence-corrected chi connectivity index (χ0v) is 14.3. The smallest absolute Gasteiger partial charge is 0.337 e. The Bertz CT molecular complexity index is 606. The number of carbonyl (C=O) groups is 3. The number of methoxy groups -OCH3 is 2. The lowest BCUT2D eigenvalue weighted by Crippen LogP contribution is -2.34. The molecule has 1 aromatic carbocycles. The molecule has 2 rings (SSSR count). The van der Waals surface area contributed by atoms with Crippen LogP contribution in [0.4, 0.5) is 5.69 Å². The van der Waals surface area contributed by atoms with Crippen molar-refractivity contribution < 1.29 is 28.6 Å². The molecule has 1 fully saturated rings. The normalized spacial score (nSPS) is 14.6. The SMILES string of the molecule is COC(=O)c1cc(NC(=O)COC2CCNCC2)cc(C(=O)OC)c1. The molecule has 25 heavy (non-hydrogen) atoms. The molecule has 8 nitrogen and oxygen atoms in total. The van der Waals surface area contributed by atoms with E-state index in [9.17, 15) is 14.4 Å². The predicted octanol–water partition coefficient (Wildman–Crippen LogP) is 0.967. The molecule has 0 bridgehead atoms. The first-order chi connectivity index (χ1) is 12.0. The number of carbonyl (C=O) groups excluding carboxylic acids is 3. The zero-order valence-electron chi connectivity index (χ0n) is 14.3. The highest BCUT2D eigenvalue weighted by Gasteiger charge is 2.17. The molecule has 0 spiro atoms. The lowest BCUT2D eigenvalue weighted by Gasteiger charge is -2.22. The molecule has 0 aliphatic carbocycles. The molecular formula is C17H22N2O6. The number of rotatable bonds is 6. The second-order valence-electron chi connectivity index (χ2n) is 5.59. The van der Waals surface area contributed by atoms with Crippen LogP contribution in [0.15, 0.2) is 18.2 Å². The van der Waals surface area contributed by atoms with Crippen molar-refractivity contribution in [2.24, 2.45) is 0 Å². The van der Waals surface area contributed by atoms with Crippen molar-refractivity contribution in [2.45, 2.75) is 18.9 Å². The molecule has 0 unspecified atom stereocenters.